The number of rotatable bonds is 5. The second kappa shape index (κ2) is 11.2. The number of nitrogens with zero attached hydrogens (tertiary/aromatic N) is 4. The number of pyridine rings is 1. The molecule has 1 aromatic carbocycles. The molecule has 218 valence electrons. The van der Waals surface area contributed by atoms with Crippen LogP contribution in [0.2, 0.25) is 0 Å². The molecule has 0 N–H and O–H groups in total. The first kappa shape index (κ1) is 30.1. The third-order valence-electron chi connectivity index (χ3n) is 7.66. The summed E-state index contributed by atoms with van der Waals surface area (Å²) in [6.45, 7) is 12.9. The van der Waals surface area contributed by atoms with Crippen molar-refractivity contribution in [2.24, 2.45) is 7.05 Å². The lowest BCUT2D eigenvalue weighted by atomic mass is 9.90. The van der Waals surface area contributed by atoms with E-state index < -0.39 is 11.0 Å². The Bertz CT molecular complexity index is 1330. The highest BCUT2D eigenvalue weighted by molar-refractivity contribution is 6.18. The molecular weight excluding hydrogens is 535 g/mol. The number of hydrogen-bond acceptors (Lipinski definition) is 5. The number of anilines is 1. The molecule has 1 aromatic heterocycles. The number of alkyl halides is 1. The summed E-state index contributed by atoms with van der Waals surface area (Å²) >= 11 is 6.33. The standard InChI is InChI=1S/C30H40ClFN4O4/c1-19-15-34(23(14-31)16-35(19)28(39)40-29(2,3)4)17-25(37)36-18-30(5,6)26-24(36)13-21(27(38)33(26)7)12-20-8-10-22(32)11-9-20/h8-11,13,19,23H,12,14-18H2,1-7H3/t19?,23-/m0/s1. The SMILES string of the molecule is CC1CN(CC(=O)N2CC(C)(C)c3c2cc(Cc2ccc(F)cc2)c(=O)n3C)[C@@H](CCl)CN1C(=O)OC(C)(C)C. The molecule has 2 amide bonds. The van der Waals surface area contributed by atoms with Gasteiger partial charge in [0.05, 0.1) is 17.9 Å². The summed E-state index contributed by atoms with van der Waals surface area (Å²) < 4.78 is 20.7. The van der Waals surface area contributed by atoms with Crippen LogP contribution in [0, 0.1) is 5.82 Å². The summed E-state index contributed by atoms with van der Waals surface area (Å²) in [5, 5.41) is 0. The van der Waals surface area contributed by atoms with Crippen LogP contribution in [0.1, 0.15) is 58.4 Å². The number of halogens is 2. The van der Waals surface area contributed by atoms with Gasteiger partial charge in [0.25, 0.3) is 5.56 Å². The number of benzene rings is 1. The van der Waals surface area contributed by atoms with Gasteiger partial charge in [-0.05, 0) is 51.5 Å². The van der Waals surface area contributed by atoms with Crippen molar-refractivity contribution >= 4 is 29.3 Å². The van der Waals surface area contributed by atoms with Gasteiger partial charge in [-0.15, -0.1) is 11.6 Å². The van der Waals surface area contributed by atoms with Gasteiger partial charge in [-0.1, -0.05) is 26.0 Å². The maximum absolute atomic E-state index is 13.8. The van der Waals surface area contributed by atoms with E-state index in [9.17, 15) is 18.8 Å². The minimum atomic E-state index is -0.605. The normalized spacial score (nSPS) is 20.9. The summed E-state index contributed by atoms with van der Waals surface area (Å²) in [5.41, 5.74) is 1.73. The molecule has 2 aliphatic heterocycles. The Morgan fingerprint density at radius 3 is 2.40 bits per heavy atom. The molecule has 2 atom stereocenters. The van der Waals surface area contributed by atoms with Gasteiger partial charge in [0.1, 0.15) is 11.4 Å². The second-order valence-corrected chi connectivity index (χ2v) is 13.0. The highest BCUT2D eigenvalue weighted by Crippen LogP contribution is 2.40. The van der Waals surface area contributed by atoms with Gasteiger partial charge < -0.3 is 19.1 Å². The Morgan fingerprint density at radius 1 is 1.15 bits per heavy atom. The molecule has 0 radical (unpaired) electrons. The zero-order chi connectivity index (χ0) is 29.6. The Labute approximate surface area is 240 Å². The topological polar surface area (TPSA) is 75.1 Å². The third-order valence-corrected chi connectivity index (χ3v) is 8.02. The molecule has 1 saturated heterocycles. The summed E-state index contributed by atoms with van der Waals surface area (Å²) in [6.07, 6.45) is -0.0489. The first-order valence-electron chi connectivity index (χ1n) is 13.7. The van der Waals surface area contributed by atoms with Gasteiger partial charge >= 0.3 is 6.09 Å². The molecule has 1 unspecified atom stereocenters. The Hall–Kier alpha value is -2.91. The smallest absolute Gasteiger partial charge is 0.410 e. The van der Waals surface area contributed by atoms with Crippen molar-refractivity contribution in [3.05, 3.63) is 63.3 Å². The minimum absolute atomic E-state index is 0.0914. The van der Waals surface area contributed by atoms with Crippen molar-refractivity contribution in [3.8, 4) is 0 Å². The predicted molar refractivity (Wildman–Crippen MR) is 155 cm³/mol. The molecule has 0 saturated carbocycles. The molecule has 0 spiro atoms. The number of fused-ring (bicyclic) bond motifs is 1. The molecule has 0 bridgehead atoms. The monoisotopic (exact) mass is 574 g/mol. The van der Waals surface area contributed by atoms with E-state index in [4.69, 9.17) is 16.3 Å². The molecule has 40 heavy (non-hydrogen) atoms. The molecule has 3 heterocycles. The molecule has 0 aliphatic carbocycles. The Balaban J connectivity index is 1.57. The van der Waals surface area contributed by atoms with E-state index in [-0.39, 0.29) is 47.9 Å². The van der Waals surface area contributed by atoms with Crippen molar-refractivity contribution in [1.82, 2.24) is 14.4 Å². The highest BCUT2D eigenvalue weighted by Gasteiger charge is 2.43. The van der Waals surface area contributed by atoms with Gasteiger partial charge in [0.2, 0.25) is 5.91 Å². The van der Waals surface area contributed by atoms with E-state index in [0.29, 0.717) is 31.6 Å². The lowest BCUT2D eigenvalue weighted by Gasteiger charge is -2.44. The zero-order valence-electron chi connectivity index (χ0n) is 24.5. The van der Waals surface area contributed by atoms with E-state index in [2.05, 4.69) is 0 Å². The average molecular weight is 575 g/mol. The number of piperazine rings is 1. The van der Waals surface area contributed by atoms with Crippen LogP contribution in [-0.4, -0.2) is 76.1 Å². The van der Waals surface area contributed by atoms with Crippen molar-refractivity contribution in [1.29, 1.82) is 0 Å². The van der Waals surface area contributed by atoms with Crippen LogP contribution in [0.15, 0.2) is 35.1 Å². The maximum atomic E-state index is 13.8. The van der Waals surface area contributed by atoms with Crippen LogP contribution in [0.4, 0.5) is 14.9 Å². The number of carbonyl (C=O) groups excluding carboxylic acids is 2. The summed E-state index contributed by atoms with van der Waals surface area (Å²) in [4.78, 5) is 45.4. The molecule has 2 aromatic rings. The second-order valence-electron chi connectivity index (χ2n) is 12.7. The third kappa shape index (κ3) is 6.20. The number of hydrogen-bond donors (Lipinski definition) is 0. The maximum Gasteiger partial charge on any atom is 0.410 e. The van der Waals surface area contributed by atoms with Crippen molar-refractivity contribution in [2.75, 3.05) is 37.0 Å². The largest absolute Gasteiger partial charge is 0.444 e. The highest BCUT2D eigenvalue weighted by atomic mass is 35.5. The Morgan fingerprint density at radius 2 is 1.80 bits per heavy atom. The van der Waals surface area contributed by atoms with E-state index >= 15 is 0 Å². The van der Waals surface area contributed by atoms with Crippen LogP contribution in [-0.2, 0) is 28.4 Å². The van der Waals surface area contributed by atoms with Gasteiger partial charge in [-0.25, -0.2) is 9.18 Å². The molecule has 1 fully saturated rings. The number of amides is 2. The number of ether oxygens (including phenoxy) is 1. The first-order chi connectivity index (χ1) is 18.6. The van der Waals surface area contributed by atoms with Gasteiger partial charge in [-0.2, -0.15) is 0 Å². The van der Waals surface area contributed by atoms with Crippen molar-refractivity contribution < 1.29 is 18.7 Å². The summed E-state index contributed by atoms with van der Waals surface area (Å²) in [6, 6.07) is 7.53. The molecule has 4 rings (SSSR count). The van der Waals surface area contributed by atoms with Crippen LogP contribution in [0.5, 0.6) is 0 Å². The van der Waals surface area contributed by atoms with E-state index in [1.54, 1.807) is 33.5 Å². The molecule has 8 nitrogen and oxygen atoms in total. The van der Waals surface area contributed by atoms with E-state index in [1.807, 2.05) is 52.5 Å². The summed E-state index contributed by atoms with van der Waals surface area (Å²) in [7, 11) is 1.74. The average Bonchev–Trinajstić information content (AvgIpc) is 3.13. The Kier molecular flexibility index (Phi) is 8.39. The molecule has 2 aliphatic rings. The predicted octanol–water partition coefficient (Wildman–Crippen LogP) is 4.29. The van der Waals surface area contributed by atoms with E-state index in [1.165, 1.54) is 12.1 Å². The number of aromatic nitrogens is 1. The van der Waals surface area contributed by atoms with Crippen LogP contribution >= 0.6 is 11.6 Å². The zero-order valence-corrected chi connectivity index (χ0v) is 25.2. The lowest BCUT2D eigenvalue weighted by Crippen LogP contribution is -2.61. The fourth-order valence-corrected chi connectivity index (χ4v) is 6.09. The van der Waals surface area contributed by atoms with Gasteiger partial charge in [0.15, 0.2) is 0 Å². The van der Waals surface area contributed by atoms with Crippen LogP contribution in [0.25, 0.3) is 0 Å². The van der Waals surface area contributed by atoms with E-state index in [0.717, 1.165) is 16.9 Å². The van der Waals surface area contributed by atoms with Crippen molar-refractivity contribution in [2.45, 2.75) is 71.1 Å². The van der Waals surface area contributed by atoms with Crippen LogP contribution < -0.4 is 10.5 Å². The van der Waals surface area contributed by atoms with Crippen molar-refractivity contribution in [3.63, 3.8) is 0 Å². The number of carbonyl (C=O) groups is 2. The summed E-state index contributed by atoms with van der Waals surface area (Å²) in [5.74, 6) is -0.163. The van der Waals surface area contributed by atoms with Gasteiger partial charge in [-0.3, -0.25) is 14.5 Å². The molecule has 10 heteroatoms. The quantitative estimate of drug-likeness (QED) is 0.498. The lowest BCUT2D eigenvalue weighted by molar-refractivity contribution is -0.121. The van der Waals surface area contributed by atoms with Crippen LogP contribution in [0.3, 0.4) is 0 Å². The van der Waals surface area contributed by atoms with Gasteiger partial charge in [0, 0.05) is 62.0 Å². The molecular formula is C30H40ClFN4O4. The fourth-order valence-electron chi connectivity index (χ4n) is 5.80. The fraction of sp³-hybridized carbons (Fsp3) is 0.567. The first-order valence-corrected chi connectivity index (χ1v) is 14.2. The minimum Gasteiger partial charge on any atom is -0.444 e.